The summed E-state index contributed by atoms with van der Waals surface area (Å²) in [7, 11) is 0. The Bertz CT molecular complexity index is 825. The first-order valence-electron chi connectivity index (χ1n) is 8.22. The van der Waals surface area contributed by atoms with Crippen LogP contribution in [0, 0.1) is 6.92 Å². The second-order valence-electron chi connectivity index (χ2n) is 6.25. The van der Waals surface area contributed by atoms with Gasteiger partial charge in [-0.1, -0.05) is 59.7 Å². The number of benzene rings is 2. The maximum Gasteiger partial charge on any atom is 0.426 e. The number of aryl methyl sites for hydroxylation is 1. The van der Waals surface area contributed by atoms with Crippen molar-refractivity contribution in [2.45, 2.75) is 26.4 Å². The fourth-order valence-electron chi connectivity index (χ4n) is 2.59. The van der Waals surface area contributed by atoms with E-state index in [1.165, 1.54) is 17.7 Å². The standard InChI is InChI=1S/C22H20F2O/c1-16-4-3-5-18(9-6-16)19-10-12-20(13-11-19)22(23,24)25-21-14-7-17(2)8-15-21/h3,5-15H,4H2,1-2H3. The zero-order valence-electron chi connectivity index (χ0n) is 14.3. The number of allylic oxidation sites excluding steroid dienone is 6. The monoisotopic (exact) mass is 338 g/mol. The fraction of sp³-hybridized carbons (Fsp3) is 0.182. The Morgan fingerprint density at radius 1 is 0.880 bits per heavy atom. The maximum absolute atomic E-state index is 14.4. The van der Waals surface area contributed by atoms with Crippen LogP contribution in [-0.2, 0) is 6.11 Å². The van der Waals surface area contributed by atoms with Crippen LogP contribution in [0.25, 0.3) is 5.57 Å². The summed E-state index contributed by atoms with van der Waals surface area (Å²) in [6.45, 7) is 3.96. The highest BCUT2D eigenvalue weighted by molar-refractivity contribution is 5.76. The molecular weight excluding hydrogens is 318 g/mol. The summed E-state index contributed by atoms with van der Waals surface area (Å²) in [5.41, 5.74) is 4.00. The van der Waals surface area contributed by atoms with E-state index in [-0.39, 0.29) is 11.3 Å². The van der Waals surface area contributed by atoms with Crippen molar-refractivity contribution in [1.29, 1.82) is 0 Å². The van der Waals surface area contributed by atoms with Crippen molar-refractivity contribution in [2.75, 3.05) is 0 Å². The molecule has 0 unspecified atom stereocenters. The molecule has 0 heterocycles. The molecule has 1 aliphatic carbocycles. The second kappa shape index (κ2) is 7.06. The molecule has 128 valence electrons. The topological polar surface area (TPSA) is 9.23 Å². The minimum absolute atomic E-state index is 0.148. The SMILES string of the molecule is CC1=CC=C(c2ccc(C(F)(F)Oc3ccc(C)cc3)cc2)C=CC1. The van der Waals surface area contributed by atoms with Gasteiger partial charge in [-0.25, -0.2) is 0 Å². The van der Waals surface area contributed by atoms with Gasteiger partial charge in [0.1, 0.15) is 5.75 Å². The number of hydrogen-bond acceptors (Lipinski definition) is 1. The summed E-state index contributed by atoms with van der Waals surface area (Å²) in [5.74, 6) is 0.148. The average Bonchev–Trinajstić information content (AvgIpc) is 2.81. The average molecular weight is 338 g/mol. The van der Waals surface area contributed by atoms with Gasteiger partial charge >= 0.3 is 6.11 Å². The molecule has 0 N–H and O–H groups in total. The minimum Gasteiger partial charge on any atom is -0.429 e. The Kier molecular flexibility index (Phi) is 4.84. The molecule has 0 amide bonds. The zero-order valence-corrected chi connectivity index (χ0v) is 14.3. The van der Waals surface area contributed by atoms with E-state index in [1.807, 2.05) is 19.1 Å². The Balaban J connectivity index is 1.80. The van der Waals surface area contributed by atoms with E-state index >= 15 is 0 Å². The van der Waals surface area contributed by atoms with Crippen LogP contribution in [-0.4, -0.2) is 0 Å². The Morgan fingerprint density at radius 2 is 1.56 bits per heavy atom. The molecule has 25 heavy (non-hydrogen) atoms. The summed E-state index contributed by atoms with van der Waals surface area (Å²) < 4.78 is 33.6. The van der Waals surface area contributed by atoms with E-state index in [2.05, 4.69) is 19.1 Å². The molecule has 0 aliphatic heterocycles. The lowest BCUT2D eigenvalue weighted by Gasteiger charge is -2.18. The third-order valence-corrected chi connectivity index (χ3v) is 4.11. The predicted octanol–water partition coefficient (Wildman–Crippen LogP) is 6.41. The smallest absolute Gasteiger partial charge is 0.426 e. The van der Waals surface area contributed by atoms with Crippen molar-refractivity contribution in [1.82, 2.24) is 0 Å². The lowest BCUT2D eigenvalue weighted by atomic mass is 10.0. The van der Waals surface area contributed by atoms with Gasteiger partial charge in [0.25, 0.3) is 0 Å². The van der Waals surface area contributed by atoms with E-state index in [4.69, 9.17) is 4.74 Å². The molecule has 1 aliphatic rings. The van der Waals surface area contributed by atoms with E-state index < -0.39 is 6.11 Å². The number of halogens is 2. The van der Waals surface area contributed by atoms with Crippen LogP contribution in [0.15, 0.2) is 78.4 Å². The Hall–Kier alpha value is -2.68. The Labute approximate surface area is 147 Å². The van der Waals surface area contributed by atoms with Crippen LogP contribution < -0.4 is 4.74 Å². The van der Waals surface area contributed by atoms with Gasteiger partial charge in [0.2, 0.25) is 0 Å². The molecule has 3 heteroatoms. The van der Waals surface area contributed by atoms with Crippen molar-refractivity contribution in [3.63, 3.8) is 0 Å². The van der Waals surface area contributed by atoms with Crippen LogP contribution >= 0.6 is 0 Å². The molecule has 0 saturated carbocycles. The highest BCUT2D eigenvalue weighted by atomic mass is 19.3. The summed E-state index contributed by atoms with van der Waals surface area (Å²) in [5, 5.41) is 0. The molecular formula is C22H20F2O. The molecule has 0 atom stereocenters. The Morgan fingerprint density at radius 3 is 2.24 bits per heavy atom. The molecule has 0 fully saturated rings. The fourth-order valence-corrected chi connectivity index (χ4v) is 2.59. The number of rotatable bonds is 4. The minimum atomic E-state index is -3.38. The van der Waals surface area contributed by atoms with Crippen molar-refractivity contribution < 1.29 is 13.5 Å². The van der Waals surface area contributed by atoms with Gasteiger partial charge in [-0.3, -0.25) is 0 Å². The third kappa shape index (κ3) is 4.24. The second-order valence-corrected chi connectivity index (χ2v) is 6.25. The lowest BCUT2D eigenvalue weighted by Crippen LogP contribution is -2.21. The van der Waals surface area contributed by atoms with Crippen LogP contribution in [0.3, 0.4) is 0 Å². The summed E-state index contributed by atoms with van der Waals surface area (Å²) >= 11 is 0. The van der Waals surface area contributed by atoms with Gasteiger partial charge in [0.15, 0.2) is 0 Å². The van der Waals surface area contributed by atoms with Gasteiger partial charge in [-0.15, -0.1) is 0 Å². The molecule has 0 radical (unpaired) electrons. The lowest BCUT2D eigenvalue weighted by molar-refractivity contribution is -0.185. The van der Waals surface area contributed by atoms with Crippen LogP contribution in [0.1, 0.15) is 30.0 Å². The molecule has 0 saturated heterocycles. The highest BCUT2D eigenvalue weighted by Crippen LogP contribution is 2.32. The first-order chi connectivity index (χ1) is 11.9. The molecule has 3 rings (SSSR count). The van der Waals surface area contributed by atoms with E-state index in [0.29, 0.717) is 0 Å². The van der Waals surface area contributed by atoms with Crippen LogP contribution in [0.5, 0.6) is 5.75 Å². The number of ether oxygens (including phenoxy) is 1. The van der Waals surface area contributed by atoms with E-state index in [1.54, 1.807) is 36.4 Å². The van der Waals surface area contributed by atoms with E-state index in [0.717, 1.165) is 23.1 Å². The van der Waals surface area contributed by atoms with Gasteiger partial charge in [0.05, 0.1) is 5.56 Å². The maximum atomic E-state index is 14.4. The van der Waals surface area contributed by atoms with Gasteiger partial charge in [-0.05, 0) is 55.7 Å². The third-order valence-electron chi connectivity index (χ3n) is 4.11. The zero-order chi connectivity index (χ0) is 17.9. The largest absolute Gasteiger partial charge is 0.429 e. The van der Waals surface area contributed by atoms with Crippen molar-refractivity contribution in [3.8, 4) is 5.75 Å². The first-order valence-corrected chi connectivity index (χ1v) is 8.22. The van der Waals surface area contributed by atoms with Crippen molar-refractivity contribution >= 4 is 5.57 Å². The normalized spacial score (nSPS) is 14.6. The van der Waals surface area contributed by atoms with E-state index in [9.17, 15) is 8.78 Å². The molecule has 0 spiro atoms. The summed E-state index contributed by atoms with van der Waals surface area (Å²) in [6, 6.07) is 12.8. The van der Waals surface area contributed by atoms with Gasteiger partial charge in [-0.2, -0.15) is 8.78 Å². The van der Waals surface area contributed by atoms with Crippen LogP contribution in [0.4, 0.5) is 8.78 Å². The predicted molar refractivity (Wildman–Crippen MR) is 97.6 cm³/mol. The molecule has 2 aromatic carbocycles. The number of hydrogen-bond donors (Lipinski definition) is 0. The summed E-state index contributed by atoms with van der Waals surface area (Å²) in [6.07, 6.45) is 5.68. The van der Waals surface area contributed by atoms with Gasteiger partial charge in [0, 0.05) is 0 Å². The molecule has 0 aromatic heterocycles. The molecule has 0 bridgehead atoms. The van der Waals surface area contributed by atoms with Gasteiger partial charge < -0.3 is 4.74 Å². The number of alkyl halides is 2. The highest BCUT2D eigenvalue weighted by Gasteiger charge is 2.34. The first kappa shape index (κ1) is 17.2. The van der Waals surface area contributed by atoms with Crippen molar-refractivity contribution in [2.24, 2.45) is 0 Å². The van der Waals surface area contributed by atoms with Crippen molar-refractivity contribution in [3.05, 3.63) is 95.1 Å². The molecule has 1 nitrogen and oxygen atoms in total. The summed E-state index contributed by atoms with van der Waals surface area (Å²) in [4.78, 5) is 0. The van der Waals surface area contributed by atoms with Crippen LogP contribution in [0.2, 0.25) is 0 Å². The molecule has 2 aromatic rings. The quantitative estimate of drug-likeness (QED) is 0.625.